The SMILES string of the molecule is CC1=C(C#C/C(C)=C/C=C/C=C/C=C2C=C(/C=C/[C@@]3(O)C(C)(C)C[C@H](O)C[C@@]3(C)O)C(=O)O/2)C(C)(C)C[C@H](O)C1. The minimum absolute atomic E-state index is 0.0342. The van der Waals surface area contributed by atoms with Gasteiger partial charge in [0, 0.05) is 22.8 Å². The monoisotopic (exact) mass is 548 g/mol. The highest BCUT2D eigenvalue weighted by Crippen LogP contribution is 2.50. The lowest BCUT2D eigenvalue weighted by Crippen LogP contribution is -2.65. The van der Waals surface area contributed by atoms with Gasteiger partial charge in [-0.05, 0) is 69.9 Å². The summed E-state index contributed by atoms with van der Waals surface area (Å²) >= 11 is 0. The van der Waals surface area contributed by atoms with E-state index < -0.39 is 28.7 Å². The van der Waals surface area contributed by atoms with Crippen LogP contribution in [0.3, 0.4) is 0 Å². The van der Waals surface area contributed by atoms with Gasteiger partial charge >= 0.3 is 5.97 Å². The second-order valence-electron chi connectivity index (χ2n) is 12.8. The fraction of sp³-hybridized carbons (Fsp3) is 0.500. The van der Waals surface area contributed by atoms with E-state index in [-0.39, 0.29) is 23.5 Å². The molecule has 216 valence electrons. The molecule has 40 heavy (non-hydrogen) atoms. The number of carbonyl (C=O) groups excluding carboxylic acids is 1. The molecule has 0 aromatic carbocycles. The maximum absolute atomic E-state index is 12.4. The first-order valence-corrected chi connectivity index (χ1v) is 13.9. The van der Waals surface area contributed by atoms with Crippen LogP contribution in [0.5, 0.6) is 0 Å². The van der Waals surface area contributed by atoms with Gasteiger partial charge in [0.1, 0.15) is 11.4 Å². The number of rotatable bonds is 5. The number of cyclic esters (lactones) is 1. The maximum atomic E-state index is 12.4. The lowest BCUT2D eigenvalue weighted by Gasteiger charge is -2.54. The molecule has 6 heteroatoms. The van der Waals surface area contributed by atoms with Crippen molar-refractivity contribution in [2.45, 2.75) is 97.6 Å². The molecule has 3 rings (SSSR count). The minimum atomic E-state index is -1.64. The van der Waals surface area contributed by atoms with Crippen LogP contribution < -0.4 is 0 Å². The van der Waals surface area contributed by atoms with Gasteiger partial charge < -0.3 is 25.2 Å². The molecule has 3 aliphatic rings. The molecule has 1 fully saturated rings. The van der Waals surface area contributed by atoms with E-state index in [0.717, 1.165) is 16.7 Å². The molecular weight excluding hydrogens is 504 g/mol. The zero-order valence-corrected chi connectivity index (χ0v) is 24.8. The number of aliphatic hydroxyl groups excluding tert-OH is 2. The summed E-state index contributed by atoms with van der Waals surface area (Å²) < 4.78 is 5.30. The van der Waals surface area contributed by atoms with E-state index in [1.54, 1.807) is 32.1 Å². The van der Waals surface area contributed by atoms with E-state index in [9.17, 15) is 25.2 Å². The second-order valence-corrected chi connectivity index (χ2v) is 12.8. The first-order valence-electron chi connectivity index (χ1n) is 13.9. The first kappa shape index (κ1) is 31.6. The van der Waals surface area contributed by atoms with Gasteiger partial charge in [0.05, 0.1) is 23.4 Å². The number of aliphatic hydroxyl groups is 4. The van der Waals surface area contributed by atoms with Crippen molar-refractivity contribution in [3.63, 3.8) is 0 Å². The predicted molar refractivity (Wildman–Crippen MR) is 158 cm³/mol. The van der Waals surface area contributed by atoms with Crippen LogP contribution in [0.25, 0.3) is 0 Å². The predicted octanol–water partition coefficient (Wildman–Crippen LogP) is 5.13. The molecule has 4 atom stereocenters. The Hall–Kier alpha value is -2.95. The zero-order valence-electron chi connectivity index (χ0n) is 24.8. The topological polar surface area (TPSA) is 107 Å². The van der Waals surface area contributed by atoms with Gasteiger partial charge in [0.15, 0.2) is 0 Å². The van der Waals surface area contributed by atoms with Crippen molar-refractivity contribution in [3.8, 4) is 11.8 Å². The van der Waals surface area contributed by atoms with E-state index >= 15 is 0 Å². The molecule has 1 heterocycles. The molecule has 0 aromatic rings. The number of hydrogen-bond donors (Lipinski definition) is 4. The van der Waals surface area contributed by atoms with E-state index in [1.165, 1.54) is 19.1 Å². The van der Waals surface area contributed by atoms with Crippen molar-refractivity contribution in [1.29, 1.82) is 0 Å². The smallest absolute Gasteiger partial charge is 0.343 e. The Bertz CT molecular complexity index is 1260. The third-order valence-corrected chi connectivity index (χ3v) is 8.20. The lowest BCUT2D eigenvalue weighted by molar-refractivity contribution is -0.216. The van der Waals surface area contributed by atoms with Gasteiger partial charge in [-0.1, -0.05) is 75.5 Å². The van der Waals surface area contributed by atoms with E-state index in [0.29, 0.717) is 25.0 Å². The van der Waals surface area contributed by atoms with Gasteiger partial charge in [-0.2, -0.15) is 0 Å². The van der Waals surface area contributed by atoms with Crippen LogP contribution in [0.4, 0.5) is 0 Å². The molecule has 0 bridgehead atoms. The molecule has 0 saturated heterocycles. The van der Waals surface area contributed by atoms with Crippen molar-refractivity contribution in [2.24, 2.45) is 10.8 Å². The van der Waals surface area contributed by atoms with Crippen LogP contribution in [0.2, 0.25) is 0 Å². The molecular formula is C34H44O6. The third kappa shape index (κ3) is 7.03. The third-order valence-electron chi connectivity index (χ3n) is 8.20. The standard InChI is InChI=1S/C34H44O6/c1-23(14-15-29-24(2)18-26(35)20-31(29,3)4)12-10-8-9-11-13-28-19-25(30(37)40-28)16-17-34(39)32(5,6)21-27(36)22-33(34,7)38/h8-13,16-17,19,26-27,35-36,38-39H,18,20-22H2,1-7H3/b10-8+,11-9+,17-16+,23-12+,28-13-/t26-,27+,33-,34-/m1/s1. The summed E-state index contributed by atoms with van der Waals surface area (Å²) in [5.74, 6) is 6.36. The quantitative estimate of drug-likeness (QED) is 0.216. The highest BCUT2D eigenvalue weighted by Gasteiger charge is 2.58. The van der Waals surface area contributed by atoms with Crippen LogP contribution >= 0.6 is 0 Å². The van der Waals surface area contributed by atoms with Crippen LogP contribution in [-0.4, -0.2) is 49.8 Å². The molecule has 0 spiro atoms. The summed E-state index contributed by atoms with van der Waals surface area (Å²) in [6.07, 6.45) is 16.1. The van der Waals surface area contributed by atoms with Crippen LogP contribution in [0.15, 0.2) is 82.7 Å². The highest BCUT2D eigenvalue weighted by molar-refractivity contribution is 5.95. The summed E-state index contributed by atoms with van der Waals surface area (Å²) in [7, 11) is 0. The van der Waals surface area contributed by atoms with Gasteiger partial charge in [0.2, 0.25) is 0 Å². The van der Waals surface area contributed by atoms with Gasteiger partial charge in [-0.3, -0.25) is 0 Å². The normalized spacial score (nSPS) is 33.6. The van der Waals surface area contributed by atoms with Crippen LogP contribution in [0, 0.1) is 22.7 Å². The molecule has 4 N–H and O–H groups in total. The number of esters is 1. The molecule has 0 amide bonds. The van der Waals surface area contributed by atoms with Gasteiger partial charge in [-0.25, -0.2) is 4.79 Å². The van der Waals surface area contributed by atoms with Crippen LogP contribution in [-0.2, 0) is 9.53 Å². The second kappa shape index (κ2) is 11.9. The molecule has 6 nitrogen and oxygen atoms in total. The average molecular weight is 549 g/mol. The number of allylic oxidation sites excluding steroid dienone is 9. The Morgan fingerprint density at radius 2 is 1.68 bits per heavy atom. The molecule has 0 aromatic heterocycles. The summed E-state index contributed by atoms with van der Waals surface area (Å²) in [4.78, 5) is 12.4. The summed E-state index contributed by atoms with van der Waals surface area (Å²) in [5, 5.41) is 42.4. The Morgan fingerprint density at radius 3 is 2.33 bits per heavy atom. The van der Waals surface area contributed by atoms with Gasteiger partial charge in [0.25, 0.3) is 0 Å². The Labute approximate surface area is 238 Å². The summed E-state index contributed by atoms with van der Waals surface area (Å²) in [6.45, 7) is 13.3. The Morgan fingerprint density at radius 1 is 1.00 bits per heavy atom. The summed E-state index contributed by atoms with van der Waals surface area (Å²) in [5.41, 5.74) is -0.711. The lowest BCUT2D eigenvalue weighted by atomic mass is 9.57. The highest BCUT2D eigenvalue weighted by atomic mass is 16.5. The van der Waals surface area contributed by atoms with E-state index in [2.05, 4.69) is 25.7 Å². The molecule has 0 radical (unpaired) electrons. The molecule has 1 saturated carbocycles. The number of carbonyl (C=O) groups is 1. The van der Waals surface area contributed by atoms with Crippen LogP contribution in [0.1, 0.15) is 74.1 Å². The molecule has 1 aliphatic heterocycles. The van der Waals surface area contributed by atoms with Crippen molar-refractivity contribution < 1.29 is 30.0 Å². The number of hydrogen-bond acceptors (Lipinski definition) is 6. The first-order chi connectivity index (χ1) is 18.5. The maximum Gasteiger partial charge on any atom is 0.343 e. The van der Waals surface area contributed by atoms with Crippen molar-refractivity contribution >= 4 is 5.97 Å². The number of ether oxygens (including phenoxy) is 1. The Balaban J connectivity index is 1.64. The average Bonchev–Trinajstić information content (AvgIpc) is 3.15. The molecule has 0 unspecified atom stereocenters. The minimum Gasteiger partial charge on any atom is -0.423 e. The van der Waals surface area contributed by atoms with E-state index in [1.807, 2.05) is 38.2 Å². The zero-order chi connectivity index (χ0) is 29.9. The van der Waals surface area contributed by atoms with Gasteiger partial charge in [-0.15, -0.1) is 0 Å². The van der Waals surface area contributed by atoms with Crippen molar-refractivity contribution in [1.82, 2.24) is 0 Å². The van der Waals surface area contributed by atoms with E-state index in [4.69, 9.17) is 4.74 Å². The fourth-order valence-electron chi connectivity index (χ4n) is 6.14. The largest absolute Gasteiger partial charge is 0.423 e. The Kier molecular flexibility index (Phi) is 9.38. The van der Waals surface area contributed by atoms with Crippen molar-refractivity contribution in [3.05, 3.63) is 82.7 Å². The fourth-order valence-corrected chi connectivity index (χ4v) is 6.14. The molecule has 2 aliphatic carbocycles. The summed E-state index contributed by atoms with van der Waals surface area (Å²) in [6, 6.07) is 0. The van der Waals surface area contributed by atoms with Crippen molar-refractivity contribution in [2.75, 3.05) is 0 Å².